The first-order valence-corrected chi connectivity index (χ1v) is 7.74. The van der Waals surface area contributed by atoms with Crippen molar-refractivity contribution in [2.75, 3.05) is 37.6 Å². The number of carbonyl (C=O) groups is 2. The third-order valence-electron chi connectivity index (χ3n) is 4.10. The average molecular weight is 332 g/mol. The van der Waals surface area contributed by atoms with Crippen LogP contribution in [0.3, 0.4) is 0 Å². The zero-order valence-electron chi connectivity index (χ0n) is 13.5. The molecule has 10 nitrogen and oxygen atoms in total. The number of carbonyl (C=O) groups excluding carboxylic acids is 2. The summed E-state index contributed by atoms with van der Waals surface area (Å²) in [6.45, 7) is 3.83. The maximum absolute atomic E-state index is 11.5. The number of urea groups is 1. The molecule has 1 saturated heterocycles. The number of anilines is 1. The standard InChI is InChI=1S/C14H20N8O2/c1-20-12-10(8-18-20)13(17-9-16-12)22-6-4-21(5-7-22)3-2-11(23)19-14(15)24/h8-9H,2-7H2,1H3,(H3,15,19,23,24). The molecule has 3 N–H and O–H groups in total. The molecule has 0 saturated carbocycles. The van der Waals surface area contributed by atoms with Crippen molar-refractivity contribution in [2.45, 2.75) is 6.42 Å². The topological polar surface area (TPSA) is 122 Å². The van der Waals surface area contributed by atoms with Crippen molar-refractivity contribution in [1.29, 1.82) is 0 Å². The number of piperazine rings is 1. The van der Waals surface area contributed by atoms with Gasteiger partial charge in [0.05, 0.1) is 11.6 Å². The molecule has 0 unspecified atom stereocenters. The van der Waals surface area contributed by atoms with Crippen LogP contribution < -0.4 is 16.0 Å². The van der Waals surface area contributed by atoms with Gasteiger partial charge in [-0.1, -0.05) is 0 Å². The number of hydrogen-bond acceptors (Lipinski definition) is 7. The van der Waals surface area contributed by atoms with Crippen LogP contribution in [0.2, 0.25) is 0 Å². The highest BCUT2D eigenvalue weighted by Gasteiger charge is 2.21. The Morgan fingerprint density at radius 1 is 1.25 bits per heavy atom. The lowest BCUT2D eigenvalue weighted by atomic mass is 10.2. The Kier molecular flexibility index (Phi) is 4.56. The van der Waals surface area contributed by atoms with Crippen LogP contribution in [0, 0.1) is 0 Å². The number of aromatic nitrogens is 4. The van der Waals surface area contributed by atoms with Crippen LogP contribution in [0.1, 0.15) is 6.42 Å². The fourth-order valence-electron chi connectivity index (χ4n) is 2.84. The monoisotopic (exact) mass is 332 g/mol. The maximum atomic E-state index is 11.5. The summed E-state index contributed by atoms with van der Waals surface area (Å²) in [6.07, 6.45) is 3.59. The van der Waals surface area contributed by atoms with Crippen molar-refractivity contribution >= 4 is 28.8 Å². The zero-order valence-corrected chi connectivity index (χ0v) is 13.5. The number of rotatable bonds is 4. The third kappa shape index (κ3) is 3.43. The van der Waals surface area contributed by atoms with E-state index in [9.17, 15) is 9.59 Å². The minimum Gasteiger partial charge on any atom is -0.353 e. The summed E-state index contributed by atoms with van der Waals surface area (Å²) in [4.78, 5) is 35.1. The Morgan fingerprint density at radius 2 is 2.00 bits per heavy atom. The van der Waals surface area contributed by atoms with Gasteiger partial charge in [0.25, 0.3) is 0 Å². The summed E-state index contributed by atoms with van der Waals surface area (Å²) >= 11 is 0. The highest BCUT2D eigenvalue weighted by atomic mass is 16.2. The van der Waals surface area contributed by atoms with Gasteiger partial charge >= 0.3 is 6.03 Å². The number of nitrogens with zero attached hydrogens (tertiary/aromatic N) is 6. The number of amides is 3. The second-order valence-corrected chi connectivity index (χ2v) is 5.69. The number of nitrogens with one attached hydrogen (secondary N) is 1. The van der Waals surface area contributed by atoms with Gasteiger partial charge in [0, 0.05) is 46.2 Å². The molecule has 1 aliphatic heterocycles. The second-order valence-electron chi connectivity index (χ2n) is 5.69. The Hall–Kier alpha value is -2.75. The average Bonchev–Trinajstić information content (AvgIpc) is 2.94. The molecule has 0 aliphatic carbocycles. The molecule has 0 atom stereocenters. The largest absolute Gasteiger partial charge is 0.353 e. The molecule has 0 spiro atoms. The third-order valence-corrected chi connectivity index (χ3v) is 4.10. The van der Waals surface area contributed by atoms with Crippen LogP contribution in [0.15, 0.2) is 12.5 Å². The van der Waals surface area contributed by atoms with Crippen LogP contribution in [0.25, 0.3) is 11.0 Å². The quantitative estimate of drug-likeness (QED) is 0.741. The Bertz CT molecular complexity index is 750. The molecule has 2 aromatic heterocycles. The molecular weight excluding hydrogens is 312 g/mol. The number of imide groups is 1. The summed E-state index contributed by atoms with van der Waals surface area (Å²) in [5, 5.41) is 7.25. The first-order chi connectivity index (χ1) is 11.5. The van der Waals surface area contributed by atoms with Gasteiger partial charge in [-0.25, -0.2) is 14.8 Å². The fraction of sp³-hybridized carbons (Fsp3) is 0.500. The van der Waals surface area contributed by atoms with Gasteiger partial charge < -0.3 is 10.6 Å². The molecule has 3 heterocycles. The zero-order chi connectivity index (χ0) is 17.1. The summed E-state index contributed by atoms with van der Waals surface area (Å²) in [5.74, 6) is 0.539. The van der Waals surface area contributed by atoms with E-state index >= 15 is 0 Å². The van der Waals surface area contributed by atoms with E-state index in [0.29, 0.717) is 6.54 Å². The van der Waals surface area contributed by atoms with E-state index < -0.39 is 6.03 Å². The van der Waals surface area contributed by atoms with Crippen molar-refractivity contribution in [3.63, 3.8) is 0 Å². The highest BCUT2D eigenvalue weighted by molar-refractivity contribution is 5.93. The van der Waals surface area contributed by atoms with Crippen LogP contribution in [0.4, 0.5) is 10.6 Å². The van der Waals surface area contributed by atoms with Crippen molar-refractivity contribution in [1.82, 2.24) is 30.0 Å². The first-order valence-electron chi connectivity index (χ1n) is 7.74. The summed E-state index contributed by atoms with van der Waals surface area (Å²) in [6, 6.07) is -0.811. The van der Waals surface area contributed by atoms with E-state index in [2.05, 4.69) is 30.2 Å². The minimum absolute atomic E-state index is 0.253. The van der Waals surface area contributed by atoms with E-state index in [1.807, 2.05) is 7.05 Å². The molecule has 24 heavy (non-hydrogen) atoms. The number of primary amides is 1. The summed E-state index contributed by atoms with van der Waals surface area (Å²) in [7, 11) is 1.86. The molecule has 1 aliphatic rings. The predicted molar refractivity (Wildman–Crippen MR) is 87.3 cm³/mol. The summed E-state index contributed by atoms with van der Waals surface area (Å²) in [5.41, 5.74) is 5.73. The maximum Gasteiger partial charge on any atom is 0.318 e. The molecule has 10 heteroatoms. The molecule has 2 aromatic rings. The summed E-state index contributed by atoms with van der Waals surface area (Å²) < 4.78 is 1.73. The normalized spacial score (nSPS) is 15.6. The Labute approximate surface area is 138 Å². The second kappa shape index (κ2) is 6.79. The predicted octanol–water partition coefficient (Wildman–Crippen LogP) is -0.930. The van der Waals surface area contributed by atoms with E-state index in [0.717, 1.165) is 43.0 Å². The van der Waals surface area contributed by atoms with Gasteiger partial charge in [-0.15, -0.1) is 0 Å². The van der Waals surface area contributed by atoms with Gasteiger partial charge in [-0.3, -0.25) is 19.7 Å². The smallest absolute Gasteiger partial charge is 0.318 e. The Balaban J connectivity index is 1.57. The molecule has 3 amide bonds. The molecule has 3 rings (SSSR count). The van der Waals surface area contributed by atoms with E-state index in [1.165, 1.54) is 0 Å². The van der Waals surface area contributed by atoms with Crippen LogP contribution >= 0.6 is 0 Å². The Morgan fingerprint density at radius 3 is 2.71 bits per heavy atom. The molecular formula is C14H20N8O2. The lowest BCUT2D eigenvalue weighted by Crippen LogP contribution is -2.48. The van der Waals surface area contributed by atoms with Crippen molar-refractivity contribution < 1.29 is 9.59 Å². The number of hydrogen-bond donors (Lipinski definition) is 2. The SMILES string of the molecule is Cn1ncc2c(N3CCN(CCC(=O)NC(N)=O)CC3)ncnc21. The molecule has 0 bridgehead atoms. The fourth-order valence-corrected chi connectivity index (χ4v) is 2.84. The van der Waals surface area contributed by atoms with Crippen LogP contribution in [-0.4, -0.2) is 69.3 Å². The number of aryl methyl sites for hydroxylation is 1. The van der Waals surface area contributed by atoms with Crippen molar-refractivity contribution in [3.05, 3.63) is 12.5 Å². The van der Waals surface area contributed by atoms with Gasteiger partial charge in [-0.05, 0) is 0 Å². The van der Waals surface area contributed by atoms with Crippen LogP contribution in [0.5, 0.6) is 0 Å². The number of fused-ring (bicyclic) bond motifs is 1. The number of nitrogens with two attached hydrogens (primary N) is 1. The van der Waals surface area contributed by atoms with Crippen LogP contribution in [-0.2, 0) is 11.8 Å². The van der Waals surface area contributed by atoms with Gasteiger partial charge in [-0.2, -0.15) is 5.10 Å². The molecule has 0 aromatic carbocycles. The van der Waals surface area contributed by atoms with E-state index in [-0.39, 0.29) is 12.3 Å². The molecule has 0 radical (unpaired) electrons. The van der Waals surface area contributed by atoms with Gasteiger partial charge in [0.2, 0.25) is 5.91 Å². The minimum atomic E-state index is -0.811. The highest BCUT2D eigenvalue weighted by Crippen LogP contribution is 2.23. The van der Waals surface area contributed by atoms with E-state index in [1.54, 1.807) is 17.2 Å². The van der Waals surface area contributed by atoms with E-state index in [4.69, 9.17) is 5.73 Å². The van der Waals surface area contributed by atoms with Gasteiger partial charge in [0.1, 0.15) is 12.1 Å². The lowest BCUT2D eigenvalue weighted by molar-refractivity contribution is -0.120. The van der Waals surface area contributed by atoms with Crippen molar-refractivity contribution in [3.8, 4) is 0 Å². The lowest BCUT2D eigenvalue weighted by Gasteiger charge is -2.35. The molecule has 128 valence electrons. The van der Waals surface area contributed by atoms with Crippen molar-refractivity contribution in [2.24, 2.45) is 12.8 Å². The van der Waals surface area contributed by atoms with Gasteiger partial charge in [0.15, 0.2) is 5.65 Å². The first kappa shape index (κ1) is 16.1. The molecule has 1 fully saturated rings.